The molecule has 2 amide bonds. The standard InChI is InChI=1S/C27H23N7O4/c1-15(35)30-27-29-14-23(33-27)17-6-8-19(9-7-17)31-25(18-4-2-16(13-28)3-5-18)24-21-12-20(34(37)38)10-11-22(21)32-26(24)36/h2-12,14,31H,13,28H2,1H3,(H,32,36)(H2,29,30,33,35). The Morgan fingerprint density at radius 3 is 2.45 bits per heavy atom. The second-order valence-corrected chi connectivity index (χ2v) is 8.61. The fourth-order valence-corrected chi connectivity index (χ4v) is 4.17. The molecule has 0 unspecified atom stereocenters. The van der Waals surface area contributed by atoms with Crippen LogP contribution in [0.25, 0.3) is 22.5 Å². The van der Waals surface area contributed by atoms with Gasteiger partial charge in [-0.3, -0.25) is 25.0 Å². The summed E-state index contributed by atoms with van der Waals surface area (Å²) in [5.41, 5.74) is 11.1. The summed E-state index contributed by atoms with van der Waals surface area (Å²) in [6, 6.07) is 19.1. The lowest BCUT2D eigenvalue weighted by Crippen LogP contribution is -2.10. The normalized spacial score (nSPS) is 13.5. The summed E-state index contributed by atoms with van der Waals surface area (Å²) in [5.74, 6) is -0.249. The Kier molecular flexibility index (Phi) is 6.42. The molecule has 4 aromatic rings. The van der Waals surface area contributed by atoms with Crippen molar-refractivity contribution in [2.75, 3.05) is 16.0 Å². The van der Waals surface area contributed by atoms with Gasteiger partial charge in [0.1, 0.15) is 0 Å². The van der Waals surface area contributed by atoms with Gasteiger partial charge in [0.05, 0.1) is 21.9 Å². The van der Waals surface area contributed by atoms with Gasteiger partial charge in [-0.1, -0.05) is 36.4 Å². The lowest BCUT2D eigenvalue weighted by atomic mass is 9.98. The number of non-ortho nitro benzene ring substituents is 1. The first-order valence-electron chi connectivity index (χ1n) is 11.7. The molecule has 0 radical (unpaired) electrons. The van der Waals surface area contributed by atoms with Gasteiger partial charge in [0, 0.05) is 54.3 Å². The number of anilines is 3. The number of H-pyrrole nitrogens is 1. The number of nitro benzene ring substituents is 1. The molecule has 1 aliphatic rings. The van der Waals surface area contributed by atoms with Crippen molar-refractivity contribution in [3.63, 3.8) is 0 Å². The topological polar surface area (TPSA) is 168 Å². The number of amides is 2. The summed E-state index contributed by atoms with van der Waals surface area (Å²) < 4.78 is 0. The van der Waals surface area contributed by atoms with Gasteiger partial charge in [-0.05, 0) is 29.3 Å². The second-order valence-electron chi connectivity index (χ2n) is 8.61. The molecular formula is C27H23N7O4. The Hall–Kier alpha value is -5.29. The summed E-state index contributed by atoms with van der Waals surface area (Å²) >= 11 is 0. The average molecular weight is 510 g/mol. The minimum atomic E-state index is -0.491. The third kappa shape index (κ3) is 4.86. The van der Waals surface area contributed by atoms with E-state index >= 15 is 0 Å². The predicted molar refractivity (Wildman–Crippen MR) is 145 cm³/mol. The largest absolute Gasteiger partial charge is 0.354 e. The molecule has 2 heterocycles. The van der Waals surface area contributed by atoms with Crippen LogP contribution >= 0.6 is 0 Å². The van der Waals surface area contributed by atoms with Crippen LogP contribution in [-0.2, 0) is 16.1 Å². The molecule has 6 N–H and O–H groups in total. The minimum absolute atomic E-state index is 0.113. The third-order valence-electron chi connectivity index (χ3n) is 6.01. The summed E-state index contributed by atoms with van der Waals surface area (Å²) in [6.45, 7) is 1.77. The number of nitrogens with two attached hydrogens (primary N) is 1. The number of aromatic amines is 1. The number of imidazole rings is 1. The van der Waals surface area contributed by atoms with Gasteiger partial charge in [0.25, 0.3) is 11.6 Å². The first-order chi connectivity index (χ1) is 18.3. The molecule has 0 fully saturated rings. The van der Waals surface area contributed by atoms with Crippen molar-refractivity contribution >= 4 is 46.1 Å². The molecule has 11 nitrogen and oxygen atoms in total. The maximum absolute atomic E-state index is 13.1. The summed E-state index contributed by atoms with van der Waals surface area (Å²) in [5, 5.41) is 20.2. The summed E-state index contributed by atoms with van der Waals surface area (Å²) in [6.07, 6.45) is 1.69. The van der Waals surface area contributed by atoms with E-state index in [9.17, 15) is 19.7 Å². The molecule has 5 rings (SSSR count). The van der Waals surface area contributed by atoms with Crippen molar-refractivity contribution in [3.8, 4) is 11.3 Å². The van der Waals surface area contributed by atoms with Crippen molar-refractivity contribution in [1.29, 1.82) is 0 Å². The number of carbonyl (C=O) groups excluding carboxylic acids is 2. The van der Waals surface area contributed by atoms with E-state index in [1.165, 1.54) is 25.1 Å². The van der Waals surface area contributed by atoms with Crippen molar-refractivity contribution in [1.82, 2.24) is 9.97 Å². The Morgan fingerprint density at radius 1 is 1.05 bits per heavy atom. The van der Waals surface area contributed by atoms with Crippen LogP contribution in [0.2, 0.25) is 0 Å². The van der Waals surface area contributed by atoms with Crippen molar-refractivity contribution in [2.45, 2.75) is 13.5 Å². The number of nitrogens with zero attached hydrogens (tertiary/aromatic N) is 2. The summed E-state index contributed by atoms with van der Waals surface area (Å²) in [4.78, 5) is 42.6. The quantitative estimate of drug-likeness (QED) is 0.140. The number of hydrogen-bond acceptors (Lipinski definition) is 7. The molecular weight excluding hydrogens is 486 g/mol. The van der Waals surface area contributed by atoms with Crippen molar-refractivity contribution in [2.24, 2.45) is 5.73 Å². The third-order valence-corrected chi connectivity index (χ3v) is 6.01. The van der Waals surface area contributed by atoms with Gasteiger partial charge in [0.15, 0.2) is 0 Å². The van der Waals surface area contributed by atoms with E-state index in [2.05, 4.69) is 25.9 Å². The van der Waals surface area contributed by atoms with Crippen LogP contribution in [0.15, 0.2) is 72.9 Å². The van der Waals surface area contributed by atoms with E-state index in [4.69, 9.17) is 5.73 Å². The Labute approximate surface area is 216 Å². The van der Waals surface area contributed by atoms with Crippen LogP contribution in [0.4, 0.5) is 23.0 Å². The number of aromatic nitrogens is 2. The number of rotatable bonds is 7. The van der Waals surface area contributed by atoms with Crippen LogP contribution in [0.3, 0.4) is 0 Å². The molecule has 0 spiro atoms. The SMILES string of the molecule is CC(=O)Nc1nc(-c2ccc(NC(=C3C(=O)Nc4ccc([N+](=O)[O-])cc43)c3ccc(CN)cc3)cc2)c[nH]1. The molecule has 0 saturated carbocycles. The molecule has 1 aliphatic heterocycles. The van der Waals surface area contributed by atoms with Crippen LogP contribution in [0, 0.1) is 10.1 Å². The highest BCUT2D eigenvalue weighted by molar-refractivity contribution is 6.37. The number of nitro groups is 1. The van der Waals surface area contributed by atoms with E-state index in [0.29, 0.717) is 52.0 Å². The number of fused-ring (bicyclic) bond motifs is 1. The number of hydrogen-bond donors (Lipinski definition) is 5. The van der Waals surface area contributed by atoms with Crippen molar-refractivity contribution < 1.29 is 14.5 Å². The Morgan fingerprint density at radius 2 is 1.79 bits per heavy atom. The molecule has 1 aromatic heterocycles. The first-order valence-corrected chi connectivity index (χ1v) is 11.7. The van der Waals surface area contributed by atoms with Gasteiger partial charge in [-0.15, -0.1) is 0 Å². The zero-order valence-corrected chi connectivity index (χ0v) is 20.2. The number of carbonyl (C=O) groups is 2. The van der Waals surface area contributed by atoms with Crippen LogP contribution in [0.5, 0.6) is 0 Å². The van der Waals surface area contributed by atoms with E-state index in [0.717, 1.165) is 11.1 Å². The smallest absolute Gasteiger partial charge is 0.270 e. The first kappa shape index (κ1) is 24.4. The molecule has 11 heteroatoms. The molecule has 0 aliphatic carbocycles. The van der Waals surface area contributed by atoms with E-state index in [1.54, 1.807) is 6.20 Å². The van der Waals surface area contributed by atoms with Crippen molar-refractivity contribution in [3.05, 3.63) is 99.7 Å². The average Bonchev–Trinajstić information content (AvgIpc) is 3.50. The zero-order chi connectivity index (χ0) is 26.8. The zero-order valence-electron chi connectivity index (χ0n) is 20.2. The van der Waals surface area contributed by atoms with E-state index in [1.807, 2.05) is 48.5 Å². The van der Waals surface area contributed by atoms with Gasteiger partial charge in [-0.2, -0.15) is 0 Å². The highest BCUT2D eigenvalue weighted by Gasteiger charge is 2.30. The molecule has 0 saturated heterocycles. The monoisotopic (exact) mass is 509 g/mol. The van der Waals surface area contributed by atoms with Gasteiger partial charge in [-0.25, -0.2) is 4.98 Å². The lowest BCUT2D eigenvalue weighted by molar-refractivity contribution is -0.384. The highest BCUT2D eigenvalue weighted by Crippen LogP contribution is 2.39. The molecule has 190 valence electrons. The second kappa shape index (κ2) is 9.99. The fourth-order valence-electron chi connectivity index (χ4n) is 4.17. The molecule has 0 bridgehead atoms. The maximum Gasteiger partial charge on any atom is 0.270 e. The molecule has 0 atom stereocenters. The Balaban J connectivity index is 1.55. The van der Waals surface area contributed by atoms with Crippen LogP contribution < -0.4 is 21.7 Å². The van der Waals surface area contributed by atoms with Gasteiger partial charge < -0.3 is 21.4 Å². The Bertz CT molecular complexity index is 1590. The maximum atomic E-state index is 13.1. The highest BCUT2D eigenvalue weighted by atomic mass is 16.6. The van der Waals surface area contributed by atoms with Gasteiger partial charge >= 0.3 is 0 Å². The summed E-state index contributed by atoms with van der Waals surface area (Å²) in [7, 11) is 0. The minimum Gasteiger partial charge on any atom is -0.354 e. The molecule has 3 aromatic carbocycles. The van der Waals surface area contributed by atoms with E-state index in [-0.39, 0.29) is 17.5 Å². The van der Waals surface area contributed by atoms with Gasteiger partial charge in [0.2, 0.25) is 11.9 Å². The van der Waals surface area contributed by atoms with E-state index < -0.39 is 4.92 Å². The number of nitrogens with one attached hydrogen (secondary N) is 4. The van der Waals surface area contributed by atoms with Crippen LogP contribution in [-0.4, -0.2) is 26.7 Å². The molecule has 38 heavy (non-hydrogen) atoms. The fraction of sp³-hybridized carbons (Fsp3) is 0.0741. The number of benzene rings is 3. The lowest BCUT2D eigenvalue weighted by Gasteiger charge is -2.15. The van der Waals surface area contributed by atoms with Crippen LogP contribution in [0.1, 0.15) is 23.6 Å². The predicted octanol–water partition coefficient (Wildman–Crippen LogP) is 4.33.